The number of likely N-dealkylation sites (tertiary alicyclic amines) is 1. The van der Waals surface area contributed by atoms with Gasteiger partial charge in [0.15, 0.2) is 0 Å². The van der Waals surface area contributed by atoms with Crippen LogP contribution < -0.4 is 4.74 Å². The SMILES string of the molecule is Cc1cc(OC2CC2)c(CN2CCC3(CCCO3)C[C@H]2c2ccccc2)c2cc[nH]c12. The number of nitrogens with one attached hydrogen (secondary N) is 1. The summed E-state index contributed by atoms with van der Waals surface area (Å²) in [6.07, 6.45) is 9.43. The van der Waals surface area contributed by atoms with Gasteiger partial charge in [0, 0.05) is 48.4 Å². The summed E-state index contributed by atoms with van der Waals surface area (Å²) < 4.78 is 12.8. The molecular weight excluding hydrogens is 384 g/mol. The zero-order valence-electron chi connectivity index (χ0n) is 18.4. The lowest BCUT2D eigenvalue weighted by molar-refractivity contribution is -0.0676. The van der Waals surface area contributed by atoms with Crippen LogP contribution in [0.25, 0.3) is 10.9 Å². The molecule has 3 aliphatic rings. The van der Waals surface area contributed by atoms with E-state index < -0.39 is 0 Å². The molecule has 1 N–H and O–H groups in total. The summed E-state index contributed by atoms with van der Waals surface area (Å²) in [7, 11) is 0. The van der Waals surface area contributed by atoms with E-state index in [0.717, 1.165) is 38.3 Å². The minimum atomic E-state index is 0.0705. The van der Waals surface area contributed by atoms with Crippen molar-refractivity contribution in [1.82, 2.24) is 9.88 Å². The van der Waals surface area contributed by atoms with Crippen LogP contribution in [0.5, 0.6) is 5.75 Å². The van der Waals surface area contributed by atoms with E-state index in [1.54, 1.807) is 0 Å². The summed E-state index contributed by atoms with van der Waals surface area (Å²) in [5.74, 6) is 1.08. The Morgan fingerprint density at radius 1 is 1.16 bits per heavy atom. The number of aromatic amines is 1. The Morgan fingerprint density at radius 2 is 2.03 bits per heavy atom. The van der Waals surface area contributed by atoms with E-state index in [1.165, 1.54) is 53.3 Å². The van der Waals surface area contributed by atoms with E-state index in [2.05, 4.69) is 65.5 Å². The van der Waals surface area contributed by atoms with Crippen molar-refractivity contribution in [2.75, 3.05) is 13.2 Å². The Hall–Kier alpha value is -2.30. The molecule has 31 heavy (non-hydrogen) atoms. The molecule has 6 rings (SSSR count). The Kier molecular flexibility index (Phi) is 4.81. The number of rotatable bonds is 5. The molecule has 1 unspecified atom stereocenters. The number of benzene rings is 2. The molecule has 2 atom stereocenters. The van der Waals surface area contributed by atoms with Crippen molar-refractivity contribution in [3.05, 3.63) is 65.4 Å². The van der Waals surface area contributed by atoms with Crippen LogP contribution in [-0.2, 0) is 11.3 Å². The highest BCUT2D eigenvalue weighted by molar-refractivity contribution is 5.88. The fourth-order valence-electron chi connectivity index (χ4n) is 5.67. The van der Waals surface area contributed by atoms with Gasteiger partial charge in [-0.3, -0.25) is 4.90 Å². The largest absolute Gasteiger partial charge is 0.490 e. The topological polar surface area (TPSA) is 37.5 Å². The van der Waals surface area contributed by atoms with E-state index in [1.807, 2.05) is 0 Å². The summed E-state index contributed by atoms with van der Waals surface area (Å²) in [6.45, 7) is 5.06. The predicted molar refractivity (Wildman–Crippen MR) is 123 cm³/mol. The number of fused-ring (bicyclic) bond motifs is 1. The standard InChI is InChI=1S/C27H32N2O2/c1-19-16-25(31-21-8-9-21)23(22-10-13-28-26(19)22)18-29-14-12-27(11-5-15-30-27)17-24(29)20-6-3-2-4-7-20/h2-4,6-7,10,13,16,21,24,28H,5,8-9,11-12,14-15,17-18H2,1H3/t24-,27?/m0/s1. The van der Waals surface area contributed by atoms with Crippen molar-refractivity contribution < 1.29 is 9.47 Å². The van der Waals surface area contributed by atoms with Crippen LogP contribution >= 0.6 is 0 Å². The summed E-state index contributed by atoms with van der Waals surface area (Å²) in [5.41, 5.74) is 5.30. The highest BCUT2D eigenvalue weighted by Crippen LogP contribution is 2.45. The molecule has 4 nitrogen and oxygen atoms in total. The normalized spacial score (nSPS) is 26.7. The number of aromatic nitrogens is 1. The van der Waals surface area contributed by atoms with Gasteiger partial charge in [0.05, 0.1) is 11.7 Å². The van der Waals surface area contributed by atoms with Gasteiger partial charge in [0.1, 0.15) is 5.75 Å². The monoisotopic (exact) mass is 416 g/mol. The van der Waals surface area contributed by atoms with Crippen LogP contribution in [0.1, 0.15) is 61.3 Å². The molecule has 1 aliphatic carbocycles. The average Bonchev–Trinajstić information content (AvgIpc) is 3.27. The number of piperidine rings is 1. The van der Waals surface area contributed by atoms with Crippen molar-refractivity contribution in [3.63, 3.8) is 0 Å². The summed E-state index contributed by atoms with van der Waals surface area (Å²) in [6, 6.07) is 15.9. The molecule has 4 heteroatoms. The van der Waals surface area contributed by atoms with Gasteiger partial charge < -0.3 is 14.5 Å². The molecule has 0 bridgehead atoms. The van der Waals surface area contributed by atoms with Crippen LogP contribution in [0.2, 0.25) is 0 Å². The first kappa shape index (κ1) is 19.4. The second kappa shape index (κ2) is 7.68. The first-order valence-electron chi connectivity index (χ1n) is 11.9. The lowest BCUT2D eigenvalue weighted by Crippen LogP contribution is -2.45. The van der Waals surface area contributed by atoms with Crippen molar-refractivity contribution in [2.45, 2.75) is 69.7 Å². The highest BCUT2D eigenvalue weighted by Gasteiger charge is 2.43. The lowest BCUT2D eigenvalue weighted by Gasteiger charge is -2.45. The van der Waals surface area contributed by atoms with Crippen molar-refractivity contribution in [3.8, 4) is 5.75 Å². The van der Waals surface area contributed by atoms with Crippen LogP contribution in [-0.4, -0.2) is 34.7 Å². The zero-order valence-corrected chi connectivity index (χ0v) is 18.4. The van der Waals surface area contributed by atoms with Crippen molar-refractivity contribution in [2.24, 2.45) is 0 Å². The maximum absolute atomic E-state index is 6.43. The van der Waals surface area contributed by atoms with Crippen LogP contribution in [0.15, 0.2) is 48.7 Å². The minimum absolute atomic E-state index is 0.0705. The molecule has 3 aromatic rings. The number of hydrogen-bond acceptors (Lipinski definition) is 3. The lowest BCUT2D eigenvalue weighted by atomic mass is 9.81. The molecule has 2 saturated heterocycles. The van der Waals surface area contributed by atoms with Gasteiger partial charge in [-0.25, -0.2) is 0 Å². The molecule has 162 valence electrons. The van der Waals surface area contributed by atoms with Gasteiger partial charge in [-0.1, -0.05) is 30.3 Å². The van der Waals surface area contributed by atoms with E-state index in [9.17, 15) is 0 Å². The molecule has 2 aromatic carbocycles. The number of hydrogen-bond donors (Lipinski definition) is 1. The van der Waals surface area contributed by atoms with E-state index in [4.69, 9.17) is 9.47 Å². The third-order valence-electron chi connectivity index (χ3n) is 7.52. The molecule has 0 amide bonds. The Morgan fingerprint density at radius 3 is 2.81 bits per heavy atom. The Bertz CT molecular complexity index is 1060. The zero-order chi connectivity index (χ0) is 20.8. The third kappa shape index (κ3) is 3.66. The molecule has 1 saturated carbocycles. The minimum Gasteiger partial charge on any atom is -0.490 e. The van der Waals surface area contributed by atoms with E-state index in [0.29, 0.717) is 12.1 Å². The number of ether oxygens (including phenoxy) is 2. The van der Waals surface area contributed by atoms with Crippen LogP contribution in [0, 0.1) is 6.92 Å². The van der Waals surface area contributed by atoms with E-state index >= 15 is 0 Å². The van der Waals surface area contributed by atoms with Crippen LogP contribution in [0.4, 0.5) is 0 Å². The van der Waals surface area contributed by atoms with Gasteiger partial charge in [-0.2, -0.15) is 0 Å². The van der Waals surface area contributed by atoms with Gasteiger partial charge in [0.25, 0.3) is 0 Å². The van der Waals surface area contributed by atoms with Gasteiger partial charge in [0.2, 0.25) is 0 Å². The number of nitrogens with zero attached hydrogens (tertiary/aromatic N) is 1. The first-order valence-corrected chi connectivity index (χ1v) is 11.9. The second-order valence-electron chi connectivity index (χ2n) is 9.74. The third-order valence-corrected chi connectivity index (χ3v) is 7.52. The van der Waals surface area contributed by atoms with Crippen molar-refractivity contribution in [1.29, 1.82) is 0 Å². The first-order chi connectivity index (χ1) is 15.2. The maximum atomic E-state index is 6.43. The summed E-state index contributed by atoms with van der Waals surface area (Å²) >= 11 is 0. The summed E-state index contributed by atoms with van der Waals surface area (Å²) in [4.78, 5) is 6.12. The van der Waals surface area contributed by atoms with Crippen molar-refractivity contribution >= 4 is 10.9 Å². The molecule has 1 spiro atoms. The summed E-state index contributed by atoms with van der Waals surface area (Å²) in [5, 5.41) is 1.31. The van der Waals surface area contributed by atoms with Gasteiger partial charge in [-0.05, 0) is 68.7 Å². The van der Waals surface area contributed by atoms with Gasteiger partial charge in [-0.15, -0.1) is 0 Å². The molecule has 1 aromatic heterocycles. The second-order valence-corrected chi connectivity index (χ2v) is 9.74. The van der Waals surface area contributed by atoms with Crippen LogP contribution in [0.3, 0.4) is 0 Å². The molecule has 0 radical (unpaired) electrons. The quantitative estimate of drug-likeness (QED) is 0.562. The molecule has 3 heterocycles. The molecule has 3 fully saturated rings. The predicted octanol–water partition coefficient (Wildman–Crippen LogP) is 5.90. The molecule has 2 aliphatic heterocycles. The number of aryl methyl sites for hydroxylation is 1. The highest BCUT2D eigenvalue weighted by atomic mass is 16.5. The fourth-order valence-corrected chi connectivity index (χ4v) is 5.67. The van der Waals surface area contributed by atoms with E-state index in [-0.39, 0.29) is 5.60 Å². The Labute approximate surface area is 184 Å². The van der Waals surface area contributed by atoms with Gasteiger partial charge >= 0.3 is 0 Å². The Balaban J connectivity index is 1.37. The average molecular weight is 417 g/mol. The fraction of sp³-hybridized carbons (Fsp3) is 0.481. The smallest absolute Gasteiger partial charge is 0.125 e. The number of H-pyrrole nitrogens is 1. The molecular formula is C27H32N2O2. The maximum Gasteiger partial charge on any atom is 0.125 e.